The van der Waals surface area contributed by atoms with E-state index in [1.807, 2.05) is 105 Å². The Morgan fingerprint density at radius 2 is 1.30 bits per heavy atom. The van der Waals surface area contributed by atoms with E-state index >= 15 is 0 Å². The molecular formula is C29H34N2O2. The molecular weight excluding hydrogens is 408 g/mol. The van der Waals surface area contributed by atoms with Gasteiger partial charge in [-0.05, 0) is 36.5 Å². The third kappa shape index (κ3) is 7.60. The Balaban J connectivity index is 1.88. The van der Waals surface area contributed by atoms with Gasteiger partial charge < -0.3 is 10.2 Å². The minimum absolute atomic E-state index is 0.0112. The highest BCUT2D eigenvalue weighted by Gasteiger charge is 2.30. The summed E-state index contributed by atoms with van der Waals surface area (Å²) in [6.07, 6.45) is 2.33. The highest BCUT2D eigenvalue weighted by molar-refractivity contribution is 5.88. The second-order valence-corrected chi connectivity index (χ2v) is 8.52. The molecule has 0 aliphatic heterocycles. The Kier molecular flexibility index (Phi) is 9.25. The summed E-state index contributed by atoms with van der Waals surface area (Å²) in [5, 5.41) is 3.11. The fraction of sp³-hybridized carbons (Fsp3) is 0.310. The van der Waals surface area contributed by atoms with E-state index < -0.39 is 6.04 Å². The van der Waals surface area contributed by atoms with Crippen LogP contribution in [0.4, 0.5) is 0 Å². The molecule has 0 spiro atoms. The summed E-state index contributed by atoms with van der Waals surface area (Å²) in [7, 11) is 0. The molecule has 0 unspecified atom stereocenters. The highest BCUT2D eigenvalue weighted by Crippen LogP contribution is 2.17. The first-order valence-corrected chi connectivity index (χ1v) is 11.8. The van der Waals surface area contributed by atoms with Gasteiger partial charge in [-0.25, -0.2) is 0 Å². The average Bonchev–Trinajstić information content (AvgIpc) is 2.86. The zero-order chi connectivity index (χ0) is 23.5. The van der Waals surface area contributed by atoms with Gasteiger partial charge in [0.25, 0.3) is 0 Å². The molecule has 33 heavy (non-hydrogen) atoms. The van der Waals surface area contributed by atoms with Crippen molar-refractivity contribution in [3.8, 4) is 0 Å². The first-order valence-electron chi connectivity index (χ1n) is 11.8. The first kappa shape index (κ1) is 24.2. The molecule has 0 saturated carbocycles. The molecule has 3 aromatic rings. The number of hydrogen-bond donors (Lipinski definition) is 1. The third-order valence-electron chi connectivity index (χ3n) is 5.94. The molecule has 4 heteroatoms. The number of hydrogen-bond acceptors (Lipinski definition) is 2. The zero-order valence-corrected chi connectivity index (χ0v) is 19.6. The van der Waals surface area contributed by atoms with E-state index in [1.54, 1.807) is 4.90 Å². The van der Waals surface area contributed by atoms with E-state index in [-0.39, 0.29) is 17.9 Å². The summed E-state index contributed by atoms with van der Waals surface area (Å²) in [6, 6.07) is 29.3. The number of aryl methyl sites for hydroxylation is 1. The maximum atomic E-state index is 13.6. The van der Waals surface area contributed by atoms with Gasteiger partial charge >= 0.3 is 0 Å². The van der Waals surface area contributed by atoms with E-state index in [4.69, 9.17) is 0 Å². The Labute approximate surface area is 197 Å². The number of nitrogens with one attached hydrogen (secondary N) is 1. The van der Waals surface area contributed by atoms with Crippen LogP contribution < -0.4 is 5.32 Å². The van der Waals surface area contributed by atoms with Gasteiger partial charge in [-0.15, -0.1) is 0 Å². The van der Waals surface area contributed by atoms with Gasteiger partial charge in [0, 0.05) is 25.4 Å². The van der Waals surface area contributed by atoms with Crippen LogP contribution >= 0.6 is 0 Å². The molecule has 3 aromatic carbocycles. The second-order valence-electron chi connectivity index (χ2n) is 8.52. The number of amides is 2. The molecule has 2 atom stereocenters. The van der Waals surface area contributed by atoms with Crippen molar-refractivity contribution in [1.29, 1.82) is 0 Å². The third-order valence-corrected chi connectivity index (χ3v) is 5.94. The summed E-state index contributed by atoms with van der Waals surface area (Å²) in [5.41, 5.74) is 3.17. The van der Waals surface area contributed by atoms with Crippen LogP contribution in [0.5, 0.6) is 0 Å². The Hall–Kier alpha value is -3.40. The van der Waals surface area contributed by atoms with Crippen LogP contribution in [0.3, 0.4) is 0 Å². The molecule has 0 aromatic heterocycles. The number of carbonyl (C=O) groups excluding carboxylic acids is 2. The molecule has 0 radical (unpaired) electrons. The van der Waals surface area contributed by atoms with E-state index in [9.17, 15) is 9.59 Å². The molecule has 4 nitrogen and oxygen atoms in total. The molecule has 3 rings (SSSR count). The molecule has 172 valence electrons. The fourth-order valence-electron chi connectivity index (χ4n) is 3.81. The van der Waals surface area contributed by atoms with Crippen molar-refractivity contribution in [2.24, 2.45) is 0 Å². The van der Waals surface area contributed by atoms with Gasteiger partial charge in [0.1, 0.15) is 6.04 Å². The van der Waals surface area contributed by atoms with E-state index in [1.165, 1.54) is 0 Å². The maximum Gasteiger partial charge on any atom is 0.243 e. The van der Waals surface area contributed by atoms with Crippen LogP contribution in [0.15, 0.2) is 91.0 Å². The van der Waals surface area contributed by atoms with Crippen molar-refractivity contribution in [3.05, 3.63) is 108 Å². The topological polar surface area (TPSA) is 49.4 Å². The smallest absolute Gasteiger partial charge is 0.243 e. The van der Waals surface area contributed by atoms with Crippen molar-refractivity contribution < 1.29 is 9.59 Å². The quantitative estimate of drug-likeness (QED) is 0.445. The van der Waals surface area contributed by atoms with E-state index in [0.29, 0.717) is 25.8 Å². The summed E-state index contributed by atoms with van der Waals surface area (Å²) < 4.78 is 0. The average molecular weight is 443 g/mol. The monoisotopic (exact) mass is 442 g/mol. The number of carbonyl (C=O) groups is 2. The molecule has 1 N–H and O–H groups in total. The van der Waals surface area contributed by atoms with E-state index in [2.05, 4.69) is 5.32 Å². The Bertz CT molecular complexity index is 990. The second kappa shape index (κ2) is 12.6. The highest BCUT2D eigenvalue weighted by atomic mass is 16.2. The predicted octanol–water partition coefficient (Wildman–Crippen LogP) is 5.17. The lowest BCUT2D eigenvalue weighted by molar-refractivity contribution is -0.141. The molecule has 0 saturated heterocycles. The summed E-state index contributed by atoms with van der Waals surface area (Å²) in [6.45, 7) is 4.44. The SMILES string of the molecule is CC[C@@H](C)NC(=O)[C@H](Cc1ccccc1)N(Cc1ccccc1)C(=O)CCc1ccccc1. The van der Waals surface area contributed by atoms with Crippen LogP contribution in [-0.4, -0.2) is 28.8 Å². The lowest BCUT2D eigenvalue weighted by Crippen LogP contribution is -2.52. The molecule has 2 amide bonds. The zero-order valence-electron chi connectivity index (χ0n) is 19.6. The Morgan fingerprint density at radius 1 is 0.788 bits per heavy atom. The van der Waals surface area contributed by atoms with Crippen molar-refractivity contribution in [2.45, 2.75) is 58.2 Å². The first-order chi connectivity index (χ1) is 16.1. The normalized spacial score (nSPS) is 12.5. The summed E-state index contributed by atoms with van der Waals surface area (Å²) >= 11 is 0. The van der Waals surface area contributed by atoms with Gasteiger partial charge in [0.05, 0.1) is 0 Å². The van der Waals surface area contributed by atoms with Gasteiger partial charge in [-0.3, -0.25) is 9.59 Å². The summed E-state index contributed by atoms with van der Waals surface area (Å²) in [4.78, 5) is 28.7. The largest absolute Gasteiger partial charge is 0.352 e. The van der Waals surface area contributed by atoms with Crippen molar-refractivity contribution in [3.63, 3.8) is 0 Å². The molecule has 0 bridgehead atoms. The lowest BCUT2D eigenvalue weighted by atomic mass is 10.0. The number of benzene rings is 3. The van der Waals surface area contributed by atoms with Crippen molar-refractivity contribution in [2.75, 3.05) is 0 Å². The number of rotatable bonds is 11. The molecule has 0 aliphatic rings. The van der Waals surface area contributed by atoms with Crippen LogP contribution in [0.25, 0.3) is 0 Å². The van der Waals surface area contributed by atoms with Crippen molar-refractivity contribution >= 4 is 11.8 Å². The lowest BCUT2D eigenvalue weighted by Gasteiger charge is -2.32. The molecule has 0 fully saturated rings. The molecule has 0 heterocycles. The van der Waals surface area contributed by atoms with Gasteiger partial charge in [-0.1, -0.05) is 97.9 Å². The maximum absolute atomic E-state index is 13.6. The standard InChI is InChI=1S/C29H34N2O2/c1-3-23(2)30-29(33)27(21-25-15-9-5-10-16-25)31(22-26-17-11-6-12-18-26)28(32)20-19-24-13-7-4-8-14-24/h4-18,23,27H,3,19-22H2,1-2H3,(H,30,33)/t23-,27+/m1/s1. The number of nitrogens with zero attached hydrogens (tertiary/aromatic N) is 1. The molecule has 0 aliphatic carbocycles. The van der Waals surface area contributed by atoms with E-state index in [0.717, 1.165) is 23.1 Å². The van der Waals surface area contributed by atoms with Crippen LogP contribution in [-0.2, 0) is 29.0 Å². The van der Waals surface area contributed by atoms with Crippen LogP contribution in [0.1, 0.15) is 43.4 Å². The van der Waals surface area contributed by atoms with Crippen LogP contribution in [0.2, 0.25) is 0 Å². The van der Waals surface area contributed by atoms with Gasteiger partial charge in [0.15, 0.2) is 0 Å². The van der Waals surface area contributed by atoms with Gasteiger partial charge in [-0.2, -0.15) is 0 Å². The van der Waals surface area contributed by atoms with Gasteiger partial charge in [0.2, 0.25) is 11.8 Å². The minimum atomic E-state index is -0.579. The summed E-state index contributed by atoms with van der Waals surface area (Å²) in [5.74, 6) is -0.111. The predicted molar refractivity (Wildman–Crippen MR) is 134 cm³/mol. The van der Waals surface area contributed by atoms with Crippen LogP contribution in [0, 0.1) is 0 Å². The van der Waals surface area contributed by atoms with Crippen molar-refractivity contribution in [1.82, 2.24) is 10.2 Å². The minimum Gasteiger partial charge on any atom is -0.352 e. The fourth-order valence-corrected chi connectivity index (χ4v) is 3.81. The Morgan fingerprint density at radius 3 is 1.85 bits per heavy atom.